The third-order valence-electron chi connectivity index (χ3n) is 5.33. The predicted octanol–water partition coefficient (Wildman–Crippen LogP) is 2.34. The number of aryl methyl sites for hydroxylation is 2. The highest BCUT2D eigenvalue weighted by Gasteiger charge is 2.28. The molecule has 0 saturated heterocycles. The van der Waals surface area contributed by atoms with Gasteiger partial charge in [-0.2, -0.15) is 0 Å². The van der Waals surface area contributed by atoms with Crippen molar-refractivity contribution in [1.82, 2.24) is 19.6 Å². The largest absolute Gasteiger partial charge is 0.358 e. The van der Waals surface area contributed by atoms with E-state index < -0.39 is 10.0 Å². The molecule has 0 fully saturated rings. The van der Waals surface area contributed by atoms with E-state index in [4.69, 9.17) is 0 Å². The minimum Gasteiger partial charge on any atom is -0.358 e. The average molecular weight is 401 g/mol. The van der Waals surface area contributed by atoms with E-state index in [-0.39, 0.29) is 17.0 Å². The van der Waals surface area contributed by atoms with Gasteiger partial charge < -0.3 is 14.9 Å². The number of hydrogen-bond acceptors (Lipinski definition) is 3. The van der Waals surface area contributed by atoms with Crippen LogP contribution in [0, 0.1) is 6.92 Å². The number of nitrogens with one attached hydrogen (secondary N) is 3. The van der Waals surface area contributed by atoms with Crippen molar-refractivity contribution in [3.05, 3.63) is 52.8 Å². The van der Waals surface area contributed by atoms with Crippen LogP contribution in [-0.4, -0.2) is 49.3 Å². The Balaban J connectivity index is 1.56. The summed E-state index contributed by atoms with van der Waals surface area (Å²) in [6, 6.07) is 9.37. The van der Waals surface area contributed by atoms with Crippen LogP contribution in [0.1, 0.15) is 33.7 Å². The maximum absolute atomic E-state index is 12.9. The maximum Gasteiger partial charge on any atom is 0.256 e. The maximum atomic E-state index is 12.9. The summed E-state index contributed by atoms with van der Waals surface area (Å²) in [6.45, 7) is 1.70. The van der Waals surface area contributed by atoms with Gasteiger partial charge in [0.15, 0.2) is 0 Å². The number of hydrogen-bond donors (Lipinski definition) is 3. The van der Waals surface area contributed by atoms with E-state index in [1.165, 1.54) is 21.9 Å². The molecule has 0 radical (unpaired) electrons. The molecule has 0 saturated carbocycles. The molecule has 1 aliphatic carbocycles. The van der Waals surface area contributed by atoms with E-state index in [9.17, 15) is 13.2 Å². The van der Waals surface area contributed by atoms with Gasteiger partial charge >= 0.3 is 0 Å². The standard InChI is InChI=1S/C20H24N4O3S/c1-12-16(20(25)24(2)3)11-19(21-12)28(26,27)23-13-8-9-15-14-6-4-5-7-17(14)22-18(15)10-13/h4-7,11,13,21-23H,8-10H2,1-3H3. The molecule has 7 nitrogen and oxygen atoms in total. The van der Waals surface area contributed by atoms with Gasteiger partial charge in [0.1, 0.15) is 5.03 Å². The smallest absolute Gasteiger partial charge is 0.256 e. The van der Waals surface area contributed by atoms with Crippen molar-refractivity contribution in [1.29, 1.82) is 0 Å². The van der Waals surface area contributed by atoms with Gasteiger partial charge in [-0.1, -0.05) is 18.2 Å². The molecular weight excluding hydrogens is 376 g/mol. The van der Waals surface area contributed by atoms with Crippen molar-refractivity contribution in [2.24, 2.45) is 0 Å². The zero-order chi connectivity index (χ0) is 20.1. The molecule has 1 amide bonds. The van der Waals surface area contributed by atoms with Crippen molar-refractivity contribution in [3.63, 3.8) is 0 Å². The Labute approximate surface area is 164 Å². The fourth-order valence-corrected chi connectivity index (χ4v) is 5.23. The van der Waals surface area contributed by atoms with Gasteiger partial charge in [-0.25, -0.2) is 13.1 Å². The van der Waals surface area contributed by atoms with E-state index in [0.29, 0.717) is 17.7 Å². The molecule has 0 bridgehead atoms. The topological polar surface area (TPSA) is 98.1 Å². The van der Waals surface area contributed by atoms with Crippen molar-refractivity contribution in [2.45, 2.75) is 37.3 Å². The van der Waals surface area contributed by atoms with E-state index in [1.807, 2.05) is 18.2 Å². The molecule has 1 unspecified atom stereocenters. The third-order valence-corrected chi connectivity index (χ3v) is 6.78. The second-order valence-electron chi connectivity index (χ2n) is 7.56. The van der Waals surface area contributed by atoms with Crippen molar-refractivity contribution < 1.29 is 13.2 Å². The van der Waals surface area contributed by atoms with Crippen molar-refractivity contribution >= 4 is 26.8 Å². The third kappa shape index (κ3) is 3.22. The number of sulfonamides is 1. The Morgan fingerprint density at radius 2 is 1.96 bits per heavy atom. The highest BCUT2D eigenvalue weighted by Crippen LogP contribution is 2.29. The van der Waals surface area contributed by atoms with E-state index in [0.717, 1.165) is 24.1 Å². The van der Waals surface area contributed by atoms with E-state index >= 15 is 0 Å². The van der Waals surface area contributed by atoms with Gasteiger partial charge in [0.25, 0.3) is 15.9 Å². The number of nitrogens with zero attached hydrogens (tertiary/aromatic N) is 1. The lowest BCUT2D eigenvalue weighted by atomic mass is 9.92. The lowest BCUT2D eigenvalue weighted by molar-refractivity contribution is 0.0827. The molecule has 1 aromatic carbocycles. The first kappa shape index (κ1) is 18.8. The van der Waals surface area contributed by atoms with Gasteiger partial charge in [0, 0.05) is 48.8 Å². The molecule has 3 aromatic rings. The first-order valence-corrected chi connectivity index (χ1v) is 10.8. The molecule has 28 heavy (non-hydrogen) atoms. The lowest BCUT2D eigenvalue weighted by Gasteiger charge is -2.23. The fraction of sp³-hybridized carbons (Fsp3) is 0.350. The van der Waals surface area contributed by atoms with E-state index in [2.05, 4.69) is 20.8 Å². The Kier molecular flexibility index (Phi) is 4.55. The minimum atomic E-state index is -3.74. The first-order valence-electron chi connectivity index (χ1n) is 9.28. The van der Waals surface area contributed by atoms with Crippen LogP contribution in [0.4, 0.5) is 0 Å². The number of carbonyl (C=O) groups excluding carboxylic acids is 1. The minimum absolute atomic E-state index is 0.0256. The highest BCUT2D eigenvalue weighted by molar-refractivity contribution is 7.89. The summed E-state index contributed by atoms with van der Waals surface area (Å²) in [5.41, 5.74) is 4.36. The number of aromatic amines is 2. The number of rotatable bonds is 4. The number of carbonyl (C=O) groups is 1. The Morgan fingerprint density at radius 3 is 2.71 bits per heavy atom. The SMILES string of the molecule is Cc1[nH]c(S(=O)(=O)NC2CCc3c([nH]c4ccccc34)C2)cc1C(=O)N(C)C. The molecule has 2 heterocycles. The van der Waals surface area contributed by atoms with Crippen LogP contribution in [0.5, 0.6) is 0 Å². The van der Waals surface area contributed by atoms with Gasteiger partial charge in [-0.15, -0.1) is 0 Å². The molecule has 3 N–H and O–H groups in total. The molecule has 148 valence electrons. The lowest BCUT2D eigenvalue weighted by Crippen LogP contribution is -2.38. The molecule has 1 atom stereocenters. The molecule has 2 aromatic heterocycles. The quantitative estimate of drug-likeness (QED) is 0.627. The predicted molar refractivity (Wildman–Crippen MR) is 108 cm³/mol. The number of amides is 1. The summed E-state index contributed by atoms with van der Waals surface area (Å²) in [5.74, 6) is -0.226. The normalized spacial score (nSPS) is 16.9. The monoisotopic (exact) mass is 400 g/mol. The second kappa shape index (κ2) is 6.79. The molecular formula is C20H24N4O3S. The fourth-order valence-electron chi connectivity index (χ4n) is 3.90. The van der Waals surface area contributed by atoms with Gasteiger partial charge in [-0.3, -0.25) is 4.79 Å². The average Bonchev–Trinajstić information content (AvgIpc) is 3.21. The van der Waals surface area contributed by atoms with Crippen LogP contribution >= 0.6 is 0 Å². The van der Waals surface area contributed by atoms with Crippen LogP contribution in [0.3, 0.4) is 0 Å². The summed E-state index contributed by atoms with van der Waals surface area (Å²) in [4.78, 5) is 19.9. The summed E-state index contributed by atoms with van der Waals surface area (Å²) in [5, 5.41) is 1.24. The molecule has 0 aliphatic heterocycles. The summed E-state index contributed by atoms with van der Waals surface area (Å²) in [6.07, 6.45) is 2.17. The summed E-state index contributed by atoms with van der Waals surface area (Å²) >= 11 is 0. The molecule has 8 heteroatoms. The summed E-state index contributed by atoms with van der Waals surface area (Å²) < 4.78 is 28.5. The number of para-hydroxylation sites is 1. The first-order chi connectivity index (χ1) is 13.3. The van der Waals surface area contributed by atoms with Crippen molar-refractivity contribution in [2.75, 3.05) is 14.1 Å². The summed E-state index contributed by atoms with van der Waals surface area (Å²) in [7, 11) is -0.464. The molecule has 1 aliphatic rings. The number of H-pyrrole nitrogens is 2. The Hall–Kier alpha value is -2.58. The molecule has 4 rings (SSSR count). The molecule has 0 spiro atoms. The van der Waals surface area contributed by atoms with Crippen LogP contribution in [0.2, 0.25) is 0 Å². The Bertz CT molecular complexity index is 1160. The number of benzene rings is 1. The Morgan fingerprint density at radius 1 is 1.21 bits per heavy atom. The number of fused-ring (bicyclic) bond motifs is 3. The van der Waals surface area contributed by atoms with Gasteiger partial charge in [0.2, 0.25) is 0 Å². The zero-order valence-corrected chi connectivity index (χ0v) is 17.0. The zero-order valence-electron chi connectivity index (χ0n) is 16.2. The highest BCUT2D eigenvalue weighted by atomic mass is 32.2. The van der Waals surface area contributed by atoms with Crippen LogP contribution < -0.4 is 4.72 Å². The second-order valence-corrected chi connectivity index (χ2v) is 9.24. The van der Waals surface area contributed by atoms with Crippen LogP contribution in [0.25, 0.3) is 10.9 Å². The van der Waals surface area contributed by atoms with E-state index in [1.54, 1.807) is 21.0 Å². The van der Waals surface area contributed by atoms with Gasteiger partial charge in [-0.05, 0) is 37.5 Å². The van der Waals surface area contributed by atoms with Gasteiger partial charge in [0.05, 0.1) is 5.56 Å². The van der Waals surface area contributed by atoms with Crippen LogP contribution in [0.15, 0.2) is 35.4 Å². The van der Waals surface area contributed by atoms with Crippen LogP contribution in [-0.2, 0) is 22.9 Å². The number of aromatic nitrogens is 2. The van der Waals surface area contributed by atoms with Crippen molar-refractivity contribution in [3.8, 4) is 0 Å².